The highest BCUT2D eigenvalue weighted by molar-refractivity contribution is 6.36. The zero-order valence-electron chi connectivity index (χ0n) is 25.0. The van der Waals surface area contributed by atoms with E-state index < -0.39 is 0 Å². The molecule has 234 valence electrons. The average Bonchev–Trinajstić information content (AvgIpc) is 3.66. The third-order valence-corrected chi connectivity index (χ3v) is 8.73. The summed E-state index contributed by atoms with van der Waals surface area (Å²) in [5.74, 6) is 1.37. The number of aliphatic hydroxyl groups is 2. The second-order valence-corrected chi connectivity index (χ2v) is 11.8. The van der Waals surface area contributed by atoms with Crippen molar-refractivity contribution in [1.82, 2.24) is 24.9 Å². The summed E-state index contributed by atoms with van der Waals surface area (Å²) < 4.78 is 13.7. The van der Waals surface area contributed by atoms with Gasteiger partial charge in [-0.05, 0) is 78.6 Å². The lowest BCUT2D eigenvalue weighted by molar-refractivity contribution is 0.196. The minimum absolute atomic E-state index is 0.0896. The van der Waals surface area contributed by atoms with Gasteiger partial charge in [-0.15, -0.1) is 5.10 Å². The smallest absolute Gasteiger partial charge is 0.236 e. The molecule has 0 unspecified atom stereocenters. The highest BCUT2D eigenvalue weighted by Gasteiger charge is 2.29. The van der Waals surface area contributed by atoms with E-state index in [1.54, 1.807) is 11.6 Å². The number of aryl methyl sites for hydroxylation is 1. The highest BCUT2D eigenvalue weighted by Crippen LogP contribution is 2.44. The van der Waals surface area contributed by atoms with Gasteiger partial charge in [-0.2, -0.15) is 4.98 Å². The van der Waals surface area contributed by atoms with Gasteiger partial charge in [-0.25, -0.2) is 9.50 Å². The first-order valence-electron chi connectivity index (χ1n) is 15.1. The molecular formula is C34H35Cl2N5O4. The summed E-state index contributed by atoms with van der Waals surface area (Å²) >= 11 is 13.7. The van der Waals surface area contributed by atoms with Crippen molar-refractivity contribution in [2.45, 2.75) is 44.8 Å². The first kappa shape index (κ1) is 31.3. The Labute approximate surface area is 271 Å². The molecule has 1 aliphatic carbocycles. The molecule has 11 heteroatoms. The zero-order valence-corrected chi connectivity index (χ0v) is 26.5. The van der Waals surface area contributed by atoms with Crippen LogP contribution in [0.25, 0.3) is 28.2 Å². The van der Waals surface area contributed by atoms with Crippen molar-refractivity contribution in [3.8, 4) is 34.3 Å². The van der Waals surface area contributed by atoms with Crippen LogP contribution in [0.1, 0.15) is 47.6 Å². The second-order valence-electron chi connectivity index (χ2n) is 11.0. The van der Waals surface area contributed by atoms with Crippen LogP contribution >= 0.6 is 23.2 Å². The quantitative estimate of drug-likeness (QED) is 0.129. The molecule has 0 bridgehead atoms. The van der Waals surface area contributed by atoms with Gasteiger partial charge in [-0.3, -0.25) is 0 Å². The predicted octanol–water partition coefficient (Wildman–Crippen LogP) is 6.24. The van der Waals surface area contributed by atoms with Crippen molar-refractivity contribution in [2.24, 2.45) is 0 Å². The predicted molar refractivity (Wildman–Crippen MR) is 175 cm³/mol. The van der Waals surface area contributed by atoms with Crippen molar-refractivity contribution < 1.29 is 19.7 Å². The molecule has 0 saturated heterocycles. The second kappa shape index (κ2) is 14.1. The Balaban J connectivity index is 1.27. The molecule has 0 spiro atoms. The van der Waals surface area contributed by atoms with Crippen LogP contribution in [0, 0.1) is 0 Å². The molecule has 9 nitrogen and oxygen atoms in total. The van der Waals surface area contributed by atoms with Crippen LogP contribution < -0.4 is 14.8 Å². The van der Waals surface area contributed by atoms with E-state index in [0.717, 1.165) is 58.3 Å². The van der Waals surface area contributed by atoms with Gasteiger partial charge in [0, 0.05) is 42.6 Å². The number of ether oxygens (including phenoxy) is 2. The van der Waals surface area contributed by atoms with Crippen molar-refractivity contribution >= 4 is 28.8 Å². The topological polar surface area (TPSA) is 114 Å². The van der Waals surface area contributed by atoms with Gasteiger partial charge in [-0.1, -0.05) is 53.5 Å². The van der Waals surface area contributed by atoms with Crippen molar-refractivity contribution in [3.05, 3.63) is 93.1 Å². The lowest BCUT2D eigenvalue weighted by Crippen LogP contribution is -2.17. The number of hydrogen-bond donors (Lipinski definition) is 3. The maximum absolute atomic E-state index is 9.13. The van der Waals surface area contributed by atoms with E-state index in [1.165, 1.54) is 5.56 Å². The fourth-order valence-corrected chi connectivity index (χ4v) is 6.39. The molecule has 45 heavy (non-hydrogen) atoms. The van der Waals surface area contributed by atoms with Crippen LogP contribution in [0.3, 0.4) is 0 Å². The number of benzene rings is 2. The van der Waals surface area contributed by atoms with E-state index in [9.17, 15) is 0 Å². The summed E-state index contributed by atoms with van der Waals surface area (Å²) in [7, 11) is 1.59. The molecule has 1 atom stereocenters. The molecule has 0 fully saturated rings. The Morgan fingerprint density at radius 1 is 0.956 bits per heavy atom. The minimum atomic E-state index is -0.224. The number of hydrogen-bond acceptors (Lipinski definition) is 8. The van der Waals surface area contributed by atoms with Crippen LogP contribution in [-0.2, 0) is 19.4 Å². The molecule has 5 aromatic rings. The van der Waals surface area contributed by atoms with Crippen molar-refractivity contribution in [3.63, 3.8) is 0 Å². The summed E-state index contributed by atoms with van der Waals surface area (Å²) in [6, 6.07) is 17.9. The number of aromatic nitrogens is 4. The van der Waals surface area contributed by atoms with Gasteiger partial charge in [0.05, 0.1) is 18.7 Å². The van der Waals surface area contributed by atoms with Crippen LogP contribution in [-0.4, -0.2) is 56.7 Å². The summed E-state index contributed by atoms with van der Waals surface area (Å²) in [5.41, 5.74) is 7.62. The van der Waals surface area contributed by atoms with E-state index in [1.807, 2.05) is 48.7 Å². The largest absolute Gasteiger partial charge is 0.481 e. The molecule has 2 aromatic carbocycles. The number of rotatable bonds is 13. The molecule has 1 aliphatic rings. The van der Waals surface area contributed by atoms with Crippen LogP contribution in [0.15, 0.2) is 60.8 Å². The normalized spacial score (nSPS) is 14.2. The fourth-order valence-electron chi connectivity index (χ4n) is 5.86. The lowest BCUT2D eigenvalue weighted by atomic mass is 9.95. The van der Waals surface area contributed by atoms with Crippen LogP contribution in [0.4, 0.5) is 0 Å². The van der Waals surface area contributed by atoms with Gasteiger partial charge >= 0.3 is 0 Å². The summed E-state index contributed by atoms with van der Waals surface area (Å²) in [6.45, 7) is 1.39. The first-order valence-corrected chi connectivity index (χ1v) is 15.8. The summed E-state index contributed by atoms with van der Waals surface area (Å²) in [6.07, 6.45) is 5.46. The highest BCUT2D eigenvalue weighted by atomic mass is 35.5. The van der Waals surface area contributed by atoms with Gasteiger partial charge < -0.3 is 25.0 Å². The molecule has 3 aromatic heterocycles. The Bertz CT molecular complexity index is 1810. The van der Waals surface area contributed by atoms with Crippen LogP contribution in [0.2, 0.25) is 10.0 Å². The number of nitrogens with one attached hydrogen (secondary N) is 1. The van der Waals surface area contributed by atoms with Gasteiger partial charge in [0.15, 0.2) is 11.5 Å². The molecule has 3 heterocycles. The summed E-state index contributed by atoms with van der Waals surface area (Å²) in [4.78, 5) is 9.38. The van der Waals surface area contributed by atoms with E-state index >= 15 is 0 Å². The molecule has 6 rings (SSSR count). The minimum Gasteiger partial charge on any atom is -0.481 e. The Kier molecular flexibility index (Phi) is 9.82. The standard InChI is InChI=1S/C34H35Cl2N5O4/c1-44-33-22(6-2-3-16-42)19-28(35)34(39-33)45-29-12-11-24-23(7-4-8-25(24)29)26-9-5-10-27(31(26)36)32-38-30-18-21(20-37-14-17-43)13-15-41(30)40-32/h4-5,7-10,13,15,18-19,29,37,42-43H,2-3,6,11-12,14,16-17,20H2,1H3/t29-/m0/s1. The fraction of sp³-hybridized carbons (Fsp3) is 0.324. The third-order valence-electron chi connectivity index (χ3n) is 8.05. The van der Waals surface area contributed by atoms with Crippen LogP contribution in [0.5, 0.6) is 11.8 Å². The Hall–Kier alpha value is -3.73. The monoisotopic (exact) mass is 647 g/mol. The number of methoxy groups -OCH3 is 1. The number of aliphatic hydroxyl groups excluding tert-OH is 2. The van der Waals surface area contributed by atoms with Gasteiger partial charge in [0.25, 0.3) is 0 Å². The number of pyridine rings is 2. The van der Waals surface area contributed by atoms with E-state index in [2.05, 4.69) is 22.4 Å². The molecule has 0 radical (unpaired) electrons. The average molecular weight is 649 g/mol. The Morgan fingerprint density at radius 3 is 2.60 bits per heavy atom. The zero-order chi connectivity index (χ0) is 31.3. The number of fused-ring (bicyclic) bond motifs is 2. The lowest BCUT2D eigenvalue weighted by Gasteiger charge is -2.18. The SMILES string of the molecule is COc1nc(O[C@H]2CCc3c(-c4cccc(-c5nc6cc(CNCCO)ccn6n5)c4Cl)cccc32)c(Cl)cc1CCCCO. The maximum atomic E-state index is 9.13. The molecule has 3 N–H and O–H groups in total. The molecule has 0 amide bonds. The third kappa shape index (κ3) is 6.64. The van der Waals surface area contributed by atoms with E-state index in [4.69, 9.17) is 53.0 Å². The van der Waals surface area contributed by atoms with E-state index in [0.29, 0.717) is 53.6 Å². The van der Waals surface area contributed by atoms with Gasteiger partial charge in [0.2, 0.25) is 11.8 Å². The van der Waals surface area contributed by atoms with Crippen molar-refractivity contribution in [1.29, 1.82) is 0 Å². The summed E-state index contributed by atoms with van der Waals surface area (Å²) in [5, 5.41) is 27.1. The number of halogens is 2. The Morgan fingerprint density at radius 2 is 1.78 bits per heavy atom. The van der Waals surface area contributed by atoms with Crippen molar-refractivity contribution in [2.75, 3.05) is 26.9 Å². The number of nitrogens with zero attached hydrogens (tertiary/aromatic N) is 4. The molecule has 0 saturated carbocycles. The van der Waals surface area contributed by atoms with Gasteiger partial charge in [0.1, 0.15) is 11.1 Å². The molecular weight excluding hydrogens is 613 g/mol. The first-order chi connectivity index (χ1) is 22.0. The number of unbranched alkanes of at least 4 members (excludes halogenated alkanes) is 1. The van der Waals surface area contributed by atoms with E-state index in [-0.39, 0.29) is 19.3 Å². The molecule has 0 aliphatic heterocycles. The maximum Gasteiger partial charge on any atom is 0.236 e.